The number of non-ortho nitro benzene ring substituents is 1. The number of likely N-dealkylation sites (N-methyl/N-ethyl adjacent to an activating group) is 1. The first-order chi connectivity index (χ1) is 10.6. The first-order valence-corrected chi connectivity index (χ1v) is 6.78. The van der Waals surface area contributed by atoms with Crippen LogP contribution in [0.25, 0.3) is 6.08 Å². The topological polar surface area (TPSA) is 63.5 Å². The van der Waals surface area contributed by atoms with E-state index in [-0.39, 0.29) is 11.6 Å². The van der Waals surface area contributed by atoms with Crippen molar-refractivity contribution >= 4 is 17.7 Å². The van der Waals surface area contributed by atoms with Crippen molar-refractivity contribution in [1.82, 2.24) is 4.90 Å². The molecule has 2 rings (SSSR count). The Hall–Kier alpha value is -2.95. The van der Waals surface area contributed by atoms with Crippen molar-refractivity contribution in [2.24, 2.45) is 0 Å². The van der Waals surface area contributed by atoms with Crippen molar-refractivity contribution < 1.29 is 9.72 Å². The van der Waals surface area contributed by atoms with Crippen molar-refractivity contribution in [3.63, 3.8) is 0 Å². The molecule has 0 saturated heterocycles. The zero-order chi connectivity index (χ0) is 15.9. The van der Waals surface area contributed by atoms with E-state index in [1.807, 2.05) is 30.3 Å². The maximum atomic E-state index is 12.0. The third-order valence-electron chi connectivity index (χ3n) is 3.16. The van der Waals surface area contributed by atoms with E-state index < -0.39 is 4.92 Å². The minimum Gasteiger partial charge on any atom is -0.338 e. The number of rotatable bonds is 5. The fraction of sp³-hybridized carbons (Fsp3) is 0.118. The second-order valence-corrected chi connectivity index (χ2v) is 4.86. The number of carbonyl (C=O) groups is 1. The normalized spacial score (nSPS) is 10.6. The van der Waals surface area contributed by atoms with Crippen LogP contribution in [0.5, 0.6) is 0 Å². The van der Waals surface area contributed by atoms with E-state index in [2.05, 4.69) is 0 Å². The van der Waals surface area contributed by atoms with Gasteiger partial charge >= 0.3 is 0 Å². The smallest absolute Gasteiger partial charge is 0.269 e. The van der Waals surface area contributed by atoms with Gasteiger partial charge in [0, 0.05) is 31.8 Å². The Labute approximate surface area is 128 Å². The van der Waals surface area contributed by atoms with Crippen molar-refractivity contribution in [3.8, 4) is 0 Å². The highest BCUT2D eigenvalue weighted by molar-refractivity contribution is 5.91. The van der Waals surface area contributed by atoms with Gasteiger partial charge in [-0.2, -0.15) is 0 Å². The number of amides is 1. The number of nitro benzene ring substituents is 1. The number of nitro groups is 1. The van der Waals surface area contributed by atoms with Gasteiger partial charge in [0.15, 0.2) is 0 Å². The van der Waals surface area contributed by atoms with Crippen LogP contribution in [0.1, 0.15) is 11.1 Å². The molecule has 0 saturated carbocycles. The standard InChI is InChI=1S/C17H16N2O3/c1-18(13-15-5-3-2-4-6-15)17(20)12-9-14-7-10-16(11-8-14)19(21)22/h2-12H,13H2,1H3. The van der Waals surface area contributed by atoms with Gasteiger partial charge in [0.2, 0.25) is 5.91 Å². The molecule has 0 aromatic heterocycles. The third-order valence-corrected chi connectivity index (χ3v) is 3.16. The summed E-state index contributed by atoms with van der Waals surface area (Å²) in [7, 11) is 1.73. The lowest BCUT2D eigenvalue weighted by molar-refractivity contribution is -0.384. The molecule has 5 heteroatoms. The number of nitrogens with zero attached hydrogens (tertiary/aromatic N) is 2. The third kappa shape index (κ3) is 4.28. The zero-order valence-electron chi connectivity index (χ0n) is 12.2. The maximum absolute atomic E-state index is 12.0. The lowest BCUT2D eigenvalue weighted by atomic mass is 10.2. The molecule has 2 aromatic rings. The van der Waals surface area contributed by atoms with E-state index in [4.69, 9.17) is 0 Å². The summed E-state index contributed by atoms with van der Waals surface area (Å²) in [5.41, 5.74) is 1.83. The van der Waals surface area contributed by atoms with Gasteiger partial charge in [-0.25, -0.2) is 0 Å². The Balaban J connectivity index is 1.97. The molecule has 0 fully saturated rings. The fourth-order valence-corrected chi connectivity index (χ4v) is 1.94. The second-order valence-electron chi connectivity index (χ2n) is 4.86. The van der Waals surface area contributed by atoms with Crippen molar-refractivity contribution in [2.45, 2.75) is 6.54 Å². The lowest BCUT2D eigenvalue weighted by Gasteiger charge is -2.14. The van der Waals surface area contributed by atoms with Crippen LogP contribution in [0.15, 0.2) is 60.7 Å². The van der Waals surface area contributed by atoms with E-state index >= 15 is 0 Å². The Kier molecular flexibility index (Phi) is 5.03. The molecule has 0 bridgehead atoms. The average Bonchev–Trinajstić information content (AvgIpc) is 2.53. The highest BCUT2D eigenvalue weighted by atomic mass is 16.6. The Morgan fingerprint density at radius 3 is 2.36 bits per heavy atom. The number of benzene rings is 2. The van der Waals surface area contributed by atoms with E-state index in [9.17, 15) is 14.9 Å². The highest BCUT2D eigenvalue weighted by Crippen LogP contribution is 2.13. The minimum absolute atomic E-state index is 0.0321. The molecule has 22 heavy (non-hydrogen) atoms. The van der Waals surface area contributed by atoms with Crippen LogP contribution in [0.4, 0.5) is 5.69 Å². The number of carbonyl (C=O) groups excluding carboxylic acids is 1. The van der Waals surface area contributed by atoms with Gasteiger partial charge in [0.1, 0.15) is 0 Å². The van der Waals surface area contributed by atoms with Crippen LogP contribution in [0.3, 0.4) is 0 Å². The minimum atomic E-state index is -0.452. The molecule has 0 spiro atoms. The quantitative estimate of drug-likeness (QED) is 0.483. The number of hydrogen-bond donors (Lipinski definition) is 0. The molecule has 0 aliphatic carbocycles. The Morgan fingerprint density at radius 2 is 1.77 bits per heavy atom. The van der Waals surface area contributed by atoms with Crippen molar-refractivity contribution in [1.29, 1.82) is 0 Å². The van der Waals surface area contributed by atoms with Crippen LogP contribution in [-0.4, -0.2) is 22.8 Å². The summed E-state index contributed by atoms with van der Waals surface area (Å²) in [6, 6.07) is 15.8. The summed E-state index contributed by atoms with van der Waals surface area (Å²) < 4.78 is 0. The molecule has 2 aromatic carbocycles. The van der Waals surface area contributed by atoms with Crippen LogP contribution >= 0.6 is 0 Å². The van der Waals surface area contributed by atoms with Gasteiger partial charge in [-0.1, -0.05) is 30.3 Å². The van der Waals surface area contributed by atoms with Crippen LogP contribution in [0.2, 0.25) is 0 Å². The summed E-state index contributed by atoms with van der Waals surface area (Å²) in [5, 5.41) is 10.6. The Morgan fingerprint density at radius 1 is 1.14 bits per heavy atom. The predicted octanol–water partition coefficient (Wildman–Crippen LogP) is 3.27. The monoisotopic (exact) mass is 296 g/mol. The van der Waals surface area contributed by atoms with Gasteiger partial charge in [0.25, 0.3) is 5.69 Å². The fourth-order valence-electron chi connectivity index (χ4n) is 1.94. The van der Waals surface area contributed by atoms with Gasteiger partial charge < -0.3 is 4.90 Å². The predicted molar refractivity (Wildman–Crippen MR) is 85.0 cm³/mol. The second kappa shape index (κ2) is 7.17. The van der Waals surface area contributed by atoms with E-state index in [1.54, 1.807) is 30.2 Å². The molecule has 5 nitrogen and oxygen atoms in total. The first kappa shape index (κ1) is 15.4. The maximum Gasteiger partial charge on any atom is 0.269 e. The molecule has 112 valence electrons. The van der Waals surface area contributed by atoms with Crippen molar-refractivity contribution in [3.05, 3.63) is 81.9 Å². The molecule has 0 unspecified atom stereocenters. The van der Waals surface area contributed by atoms with Gasteiger partial charge in [-0.15, -0.1) is 0 Å². The largest absolute Gasteiger partial charge is 0.338 e. The molecule has 0 atom stereocenters. The van der Waals surface area contributed by atoms with Gasteiger partial charge in [0.05, 0.1) is 4.92 Å². The summed E-state index contributed by atoms with van der Waals surface area (Å²) in [6.07, 6.45) is 3.11. The molecular formula is C17H16N2O3. The van der Waals surface area contributed by atoms with Crippen LogP contribution < -0.4 is 0 Å². The molecule has 0 heterocycles. The summed E-state index contributed by atoms with van der Waals surface area (Å²) in [5.74, 6) is -0.123. The SMILES string of the molecule is CN(Cc1ccccc1)C(=O)C=Cc1ccc([N+](=O)[O-])cc1. The zero-order valence-corrected chi connectivity index (χ0v) is 12.2. The molecule has 0 aliphatic rings. The number of hydrogen-bond acceptors (Lipinski definition) is 3. The van der Waals surface area contributed by atoms with Gasteiger partial charge in [-0.3, -0.25) is 14.9 Å². The molecule has 1 amide bonds. The van der Waals surface area contributed by atoms with E-state index in [0.717, 1.165) is 11.1 Å². The van der Waals surface area contributed by atoms with Gasteiger partial charge in [-0.05, 0) is 29.3 Å². The van der Waals surface area contributed by atoms with E-state index in [1.165, 1.54) is 18.2 Å². The van der Waals surface area contributed by atoms with E-state index in [0.29, 0.717) is 6.54 Å². The molecule has 0 radical (unpaired) electrons. The molecular weight excluding hydrogens is 280 g/mol. The first-order valence-electron chi connectivity index (χ1n) is 6.78. The summed E-state index contributed by atoms with van der Waals surface area (Å²) >= 11 is 0. The van der Waals surface area contributed by atoms with Crippen LogP contribution in [0, 0.1) is 10.1 Å². The average molecular weight is 296 g/mol. The summed E-state index contributed by atoms with van der Waals surface area (Å²) in [6.45, 7) is 0.532. The highest BCUT2D eigenvalue weighted by Gasteiger charge is 2.06. The molecule has 0 aliphatic heterocycles. The summed E-state index contributed by atoms with van der Waals surface area (Å²) in [4.78, 5) is 23.8. The van der Waals surface area contributed by atoms with Crippen LogP contribution in [-0.2, 0) is 11.3 Å². The molecule has 0 N–H and O–H groups in total. The Bertz CT molecular complexity index is 679. The lowest BCUT2D eigenvalue weighted by Crippen LogP contribution is -2.23. The van der Waals surface area contributed by atoms with Crippen molar-refractivity contribution in [2.75, 3.05) is 7.05 Å².